The van der Waals surface area contributed by atoms with Crippen molar-refractivity contribution >= 4 is 11.9 Å². The Hall–Kier alpha value is -1.27. The molecule has 4 nitrogen and oxygen atoms in total. The van der Waals surface area contributed by atoms with Crippen LogP contribution in [0.2, 0.25) is 0 Å². The first-order chi connectivity index (χ1) is 8.39. The smallest absolute Gasteiger partial charge is 0.406 e. The molecule has 0 bridgehead atoms. The summed E-state index contributed by atoms with van der Waals surface area (Å²) in [5.41, 5.74) is -0.790. The summed E-state index contributed by atoms with van der Waals surface area (Å²) in [4.78, 5) is 23.8. The lowest BCUT2D eigenvalue weighted by Gasteiger charge is -2.28. The molecule has 7 heteroatoms. The van der Waals surface area contributed by atoms with Crippen molar-refractivity contribution in [2.45, 2.75) is 39.9 Å². The van der Waals surface area contributed by atoms with Gasteiger partial charge in [0.05, 0.1) is 11.8 Å². The number of nitrogens with zero attached hydrogens (tertiary/aromatic N) is 1. The highest BCUT2D eigenvalue weighted by Gasteiger charge is 2.67. The molecule has 0 aliphatic heterocycles. The second-order valence-corrected chi connectivity index (χ2v) is 5.79. The molecule has 0 aromatic rings. The first-order valence-corrected chi connectivity index (χ1v) is 5.99. The third kappa shape index (κ3) is 3.19. The molecule has 0 unspecified atom stereocenters. The molecule has 1 amide bonds. The highest BCUT2D eigenvalue weighted by Crippen LogP contribution is 2.59. The topological polar surface area (TPSA) is 57.6 Å². The van der Waals surface area contributed by atoms with Crippen LogP contribution in [0.25, 0.3) is 0 Å². The average Bonchev–Trinajstić information content (AvgIpc) is 2.75. The van der Waals surface area contributed by atoms with Crippen LogP contribution in [0.5, 0.6) is 0 Å². The van der Waals surface area contributed by atoms with Gasteiger partial charge in [-0.05, 0) is 19.3 Å². The normalized spacial score (nSPS) is 25.3. The van der Waals surface area contributed by atoms with Crippen LogP contribution >= 0.6 is 0 Å². The van der Waals surface area contributed by atoms with Crippen LogP contribution in [0.1, 0.15) is 27.7 Å². The van der Waals surface area contributed by atoms with E-state index in [0.717, 1.165) is 0 Å². The number of rotatable bonds is 4. The summed E-state index contributed by atoms with van der Waals surface area (Å²) >= 11 is 0. The average molecular weight is 281 g/mol. The summed E-state index contributed by atoms with van der Waals surface area (Å²) < 4.78 is 37.3. The molecule has 1 N–H and O–H groups in total. The lowest BCUT2D eigenvalue weighted by Crippen LogP contribution is -2.44. The predicted octanol–water partition coefficient (Wildman–Crippen LogP) is 2.14. The number of hydrogen-bond donors (Lipinski definition) is 1. The minimum atomic E-state index is -4.49. The van der Waals surface area contributed by atoms with Gasteiger partial charge in [-0.3, -0.25) is 9.59 Å². The van der Waals surface area contributed by atoms with Crippen molar-refractivity contribution in [3.63, 3.8) is 0 Å². The second-order valence-electron chi connectivity index (χ2n) is 5.79. The van der Waals surface area contributed by atoms with E-state index in [1.165, 1.54) is 13.8 Å². The number of hydrogen-bond acceptors (Lipinski definition) is 2. The van der Waals surface area contributed by atoms with Gasteiger partial charge in [-0.2, -0.15) is 13.2 Å². The predicted molar refractivity (Wildman–Crippen MR) is 61.3 cm³/mol. The van der Waals surface area contributed by atoms with E-state index in [1.807, 2.05) is 0 Å². The van der Waals surface area contributed by atoms with Crippen molar-refractivity contribution in [1.29, 1.82) is 0 Å². The van der Waals surface area contributed by atoms with Gasteiger partial charge in [0.1, 0.15) is 6.54 Å². The minimum Gasteiger partial charge on any atom is -0.481 e. The molecule has 1 aliphatic rings. The SMILES string of the molecule is CC(C)N(CC(F)(F)F)C(=O)[C@H]1[C@@H](C(=O)O)C1(C)C. The standard InChI is InChI=1S/C12H18F3NO3/c1-6(2)16(5-12(13,14)15)9(17)7-8(10(18)19)11(7,3)4/h6-8H,5H2,1-4H3,(H,18,19)/t7-,8+/m1/s1. The monoisotopic (exact) mass is 281 g/mol. The number of amides is 1. The number of carbonyl (C=O) groups excluding carboxylic acids is 1. The van der Waals surface area contributed by atoms with Crippen LogP contribution in [0.3, 0.4) is 0 Å². The molecule has 110 valence electrons. The van der Waals surface area contributed by atoms with Crippen LogP contribution in [0.4, 0.5) is 13.2 Å². The van der Waals surface area contributed by atoms with Gasteiger partial charge < -0.3 is 10.0 Å². The Kier molecular flexibility index (Phi) is 3.89. The molecule has 0 aromatic heterocycles. The third-order valence-corrected chi connectivity index (χ3v) is 3.62. The Balaban J connectivity index is 2.89. The van der Waals surface area contributed by atoms with Crippen molar-refractivity contribution in [3.05, 3.63) is 0 Å². The minimum absolute atomic E-state index is 0.625. The number of carboxylic acids is 1. The third-order valence-electron chi connectivity index (χ3n) is 3.62. The summed E-state index contributed by atoms with van der Waals surface area (Å²) in [7, 11) is 0. The van der Waals surface area contributed by atoms with Gasteiger partial charge >= 0.3 is 12.1 Å². The Bertz CT molecular complexity index is 390. The molecule has 0 saturated heterocycles. The maximum atomic E-state index is 12.4. The molecule has 1 rings (SSSR count). The highest BCUT2D eigenvalue weighted by molar-refractivity contribution is 5.91. The Labute approximate surface area is 109 Å². The fourth-order valence-corrected chi connectivity index (χ4v) is 2.45. The van der Waals surface area contributed by atoms with E-state index in [0.29, 0.717) is 4.90 Å². The van der Waals surface area contributed by atoms with Gasteiger partial charge in [-0.15, -0.1) is 0 Å². The van der Waals surface area contributed by atoms with Gasteiger partial charge in [0, 0.05) is 6.04 Å². The number of halogens is 3. The van der Waals surface area contributed by atoms with Crippen molar-refractivity contribution in [2.75, 3.05) is 6.54 Å². The fourth-order valence-electron chi connectivity index (χ4n) is 2.45. The Morgan fingerprint density at radius 2 is 1.74 bits per heavy atom. The van der Waals surface area contributed by atoms with Gasteiger partial charge in [-0.25, -0.2) is 0 Å². The molecular formula is C12H18F3NO3. The number of aliphatic carboxylic acids is 1. The molecule has 19 heavy (non-hydrogen) atoms. The van der Waals surface area contributed by atoms with Crippen LogP contribution in [0.15, 0.2) is 0 Å². The molecule has 1 saturated carbocycles. The van der Waals surface area contributed by atoms with Crippen LogP contribution in [-0.4, -0.2) is 40.6 Å². The largest absolute Gasteiger partial charge is 0.481 e. The van der Waals surface area contributed by atoms with Crippen LogP contribution in [0, 0.1) is 17.3 Å². The molecule has 0 spiro atoms. The summed E-state index contributed by atoms with van der Waals surface area (Å²) in [5, 5.41) is 8.97. The van der Waals surface area contributed by atoms with Crippen molar-refractivity contribution in [3.8, 4) is 0 Å². The van der Waals surface area contributed by atoms with Crippen molar-refractivity contribution in [1.82, 2.24) is 4.90 Å². The first kappa shape index (κ1) is 15.8. The van der Waals surface area contributed by atoms with E-state index in [4.69, 9.17) is 5.11 Å². The summed E-state index contributed by atoms with van der Waals surface area (Å²) in [6.07, 6.45) is -4.49. The Morgan fingerprint density at radius 3 is 2.00 bits per heavy atom. The van der Waals surface area contributed by atoms with E-state index in [-0.39, 0.29) is 0 Å². The lowest BCUT2D eigenvalue weighted by molar-refractivity contribution is -0.166. The molecular weight excluding hydrogens is 263 g/mol. The van der Waals surface area contributed by atoms with Gasteiger partial charge in [0.25, 0.3) is 0 Å². The van der Waals surface area contributed by atoms with E-state index >= 15 is 0 Å². The van der Waals surface area contributed by atoms with Gasteiger partial charge in [0.2, 0.25) is 5.91 Å². The zero-order valence-electron chi connectivity index (χ0n) is 11.3. The Morgan fingerprint density at radius 1 is 1.26 bits per heavy atom. The highest BCUT2D eigenvalue weighted by atomic mass is 19.4. The molecule has 2 atom stereocenters. The number of alkyl halides is 3. The maximum absolute atomic E-state index is 12.4. The molecule has 1 aliphatic carbocycles. The number of carbonyl (C=O) groups is 2. The van der Waals surface area contributed by atoms with Crippen LogP contribution < -0.4 is 0 Å². The van der Waals surface area contributed by atoms with Crippen molar-refractivity contribution < 1.29 is 27.9 Å². The zero-order chi connectivity index (χ0) is 15.2. The molecule has 0 heterocycles. The maximum Gasteiger partial charge on any atom is 0.406 e. The summed E-state index contributed by atoms with van der Waals surface area (Å²) in [5.74, 6) is -3.66. The van der Waals surface area contributed by atoms with E-state index < -0.39 is 47.9 Å². The quantitative estimate of drug-likeness (QED) is 0.859. The van der Waals surface area contributed by atoms with E-state index in [9.17, 15) is 22.8 Å². The van der Waals surface area contributed by atoms with E-state index in [2.05, 4.69) is 0 Å². The van der Waals surface area contributed by atoms with Crippen molar-refractivity contribution in [2.24, 2.45) is 17.3 Å². The van der Waals surface area contributed by atoms with Crippen LogP contribution in [-0.2, 0) is 9.59 Å². The molecule has 0 radical (unpaired) electrons. The second kappa shape index (κ2) is 4.68. The van der Waals surface area contributed by atoms with Gasteiger partial charge in [-0.1, -0.05) is 13.8 Å². The lowest BCUT2D eigenvalue weighted by atomic mass is 10.1. The fraction of sp³-hybridized carbons (Fsp3) is 0.833. The zero-order valence-corrected chi connectivity index (χ0v) is 11.3. The van der Waals surface area contributed by atoms with E-state index in [1.54, 1.807) is 13.8 Å². The molecule has 0 aromatic carbocycles. The first-order valence-electron chi connectivity index (χ1n) is 5.99. The van der Waals surface area contributed by atoms with Gasteiger partial charge in [0.15, 0.2) is 0 Å². The summed E-state index contributed by atoms with van der Waals surface area (Å²) in [6.45, 7) is 4.78. The summed E-state index contributed by atoms with van der Waals surface area (Å²) in [6, 6.07) is -0.625. The molecule has 1 fully saturated rings. The number of carboxylic acid groups (broad SMARTS) is 1.